The summed E-state index contributed by atoms with van der Waals surface area (Å²) >= 11 is 3.06. The molecule has 1 amide bonds. The molecule has 0 radical (unpaired) electrons. The number of thiazole rings is 1. The number of benzene rings is 1. The third kappa shape index (κ3) is 5.94. The van der Waals surface area contributed by atoms with Crippen LogP contribution in [0.15, 0.2) is 47.2 Å². The Bertz CT molecular complexity index is 1160. The number of hydrogen-bond donors (Lipinski definition) is 2. The molecule has 1 aromatic carbocycles. The van der Waals surface area contributed by atoms with E-state index in [1.807, 2.05) is 41.8 Å². The molecule has 7 nitrogen and oxygen atoms in total. The fourth-order valence-electron chi connectivity index (χ4n) is 3.86. The summed E-state index contributed by atoms with van der Waals surface area (Å²) in [5.41, 5.74) is 2.07. The topological polar surface area (TPSA) is 91.4 Å². The van der Waals surface area contributed by atoms with Gasteiger partial charge in [0, 0.05) is 24.5 Å². The molecule has 32 heavy (non-hydrogen) atoms. The Morgan fingerprint density at radius 1 is 1.09 bits per heavy atom. The van der Waals surface area contributed by atoms with Crippen molar-refractivity contribution in [3.63, 3.8) is 0 Å². The van der Waals surface area contributed by atoms with Crippen molar-refractivity contribution >= 4 is 50.0 Å². The van der Waals surface area contributed by atoms with E-state index in [2.05, 4.69) is 19.9 Å². The second-order valence-corrected chi connectivity index (χ2v) is 11.4. The lowest BCUT2D eigenvalue weighted by molar-refractivity contribution is 0.102. The summed E-state index contributed by atoms with van der Waals surface area (Å²) in [6, 6.07) is 11.6. The van der Waals surface area contributed by atoms with E-state index in [1.165, 1.54) is 17.6 Å². The van der Waals surface area contributed by atoms with E-state index in [9.17, 15) is 13.2 Å². The Balaban J connectivity index is 1.48. The fraction of sp³-hybridized carbons (Fsp3) is 0.364. The van der Waals surface area contributed by atoms with Crippen LogP contribution in [0.1, 0.15) is 36.2 Å². The van der Waals surface area contributed by atoms with Crippen molar-refractivity contribution in [1.29, 1.82) is 0 Å². The van der Waals surface area contributed by atoms with E-state index in [0.29, 0.717) is 18.7 Å². The molecule has 1 unspecified atom stereocenters. The van der Waals surface area contributed by atoms with Crippen molar-refractivity contribution in [3.05, 3.63) is 52.9 Å². The quantitative estimate of drug-likeness (QED) is 0.534. The van der Waals surface area contributed by atoms with Crippen LogP contribution >= 0.6 is 22.7 Å². The van der Waals surface area contributed by atoms with Gasteiger partial charge in [-0.05, 0) is 42.8 Å². The zero-order valence-corrected chi connectivity index (χ0v) is 20.2. The zero-order chi connectivity index (χ0) is 22.6. The van der Waals surface area contributed by atoms with E-state index in [4.69, 9.17) is 0 Å². The average molecular weight is 491 g/mol. The van der Waals surface area contributed by atoms with Gasteiger partial charge in [-0.15, -0.1) is 22.7 Å². The van der Waals surface area contributed by atoms with Gasteiger partial charge in [0.2, 0.25) is 10.0 Å². The van der Waals surface area contributed by atoms with Gasteiger partial charge in [-0.1, -0.05) is 24.6 Å². The molecule has 3 aromatic rings. The highest BCUT2D eigenvalue weighted by molar-refractivity contribution is 7.88. The lowest BCUT2D eigenvalue weighted by Crippen LogP contribution is -2.39. The molecule has 0 spiro atoms. The molecule has 0 saturated carbocycles. The molecular weight excluding hydrogens is 464 g/mol. The first-order valence-corrected chi connectivity index (χ1v) is 14.2. The van der Waals surface area contributed by atoms with Gasteiger partial charge >= 0.3 is 0 Å². The van der Waals surface area contributed by atoms with Gasteiger partial charge in [0.15, 0.2) is 0 Å². The first-order chi connectivity index (χ1) is 15.4. The highest BCUT2D eigenvalue weighted by atomic mass is 32.2. The van der Waals surface area contributed by atoms with Crippen molar-refractivity contribution in [2.24, 2.45) is 0 Å². The van der Waals surface area contributed by atoms with Gasteiger partial charge in [0.25, 0.3) is 5.91 Å². The minimum Gasteiger partial charge on any atom is -0.370 e. The minimum atomic E-state index is -3.23. The van der Waals surface area contributed by atoms with E-state index < -0.39 is 10.0 Å². The maximum Gasteiger partial charge on any atom is 0.275 e. The molecule has 2 N–H and O–H groups in total. The predicted octanol–water partition coefficient (Wildman–Crippen LogP) is 4.42. The lowest BCUT2D eigenvalue weighted by Gasteiger charge is -2.31. The molecule has 1 atom stereocenters. The molecule has 2 aromatic heterocycles. The molecule has 1 fully saturated rings. The molecule has 1 saturated heterocycles. The highest BCUT2D eigenvalue weighted by Crippen LogP contribution is 2.30. The predicted molar refractivity (Wildman–Crippen MR) is 132 cm³/mol. The number of nitrogens with zero attached hydrogens (tertiary/aromatic N) is 2. The molecule has 4 rings (SSSR count). The highest BCUT2D eigenvalue weighted by Gasteiger charge is 2.21. The Morgan fingerprint density at radius 3 is 2.72 bits per heavy atom. The van der Waals surface area contributed by atoms with Gasteiger partial charge in [-0.2, -0.15) is 0 Å². The Morgan fingerprint density at radius 2 is 1.94 bits per heavy atom. The van der Waals surface area contributed by atoms with E-state index in [1.54, 1.807) is 16.7 Å². The molecule has 0 aliphatic carbocycles. The monoisotopic (exact) mass is 490 g/mol. The summed E-state index contributed by atoms with van der Waals surface area (Å²) in [5, 5.41) is 7.64. The van der Waals surface area contributed by atoms with Crippen molar-refractivity contribution in [3.8, 4) is 9.88 Å². The molecule has 0 bridgehead atoms. The van der Waals surface area contributed by atoms with Gasteiger partial charge in [-0.3, -0.25) is 4.79 Å². The fourth-order valence-corrected chi connectivity index (χ4v) is 6.31. The number of sulfonamides is 1. The zero-order valence-electron chi connectivity index (χ0n) is 17.8. The number of hydrogen-bond acceptors (Lipinski definition) is 7. The standard InChI is InChI=1S/C22H26N4O3S3/c1-32(28,29)25-16-7-4-5-12-26(13-11-16)19-9-3-2-8-17(19)23-21(27)18-15-31-22(24-18)20-10-6-14-30-20/h2-3,6,8-10,14-16,25H,4-5,7,11-13H2,1H3,(H,23,27). The van der Waals surface area contributed by atoms with Gasteiger partial charge < -0.3 is 10.2 Å². The van der Waals surface area contributed by atoms with Crippen molar-refractivity contribution < 1.29 is 13.2 Å². The second kappa shape index (κ2) is 10.1. The van der Waals surface area contributed by atoms with E-state index >= 15 is 0 Å². The second-order valence-electron chi connectivity index (χ2n) is 7.84. The first kappa shape index (κ1) is 22.9. The number of anilines is 2. The molecular formula is C22H26N4O3S3. The normalized spacial score (nSPS) is 17.5. The van der Waals surface area contributed by atoms with Crippen molar-refractivity contribution in [1.82, 2.24) is 9.71 Å². The molecule has 1 aliphatic heterocycles. The van der Waals surface area contributed by atoms with Gasteiger partial charge in [-0.25, -0.2) is 18.1 Å². The number of rotatable bonds is 6. The third-order valence-electron chi connectivity index (χ3n) is 5.32. The lowest BCUT2D eigenvalue weighted by atomic mass is 10.0. The summed E-state index contributed by atoms with van der Waals surface area (Å²) in [6.45, 7) is 1.57. The summed E-state index contributed by atoms with van der Waals surface area (Å²) in [5.74, 6) is -0.236. The van der Waals surface area contributed by atoms with E-state index in [-0.39, 0.29) is 11.9 Å². The van der Waals surface area contributed by atoms with Crippen LogP contribution in [0.3, 0.4) is 0 Å². The van der Waals surface area contributed by atoms with Crippen LogP contribution in [0.25, 0.3) is 9.88 Å². The molecule has 3 heterocycles. The van der Waals surface area contributed by atoms with E-state index in [0.717, 1.165) is 47.1 Å². The van der Waals surface area contributed by atoms with Crippen molar-refractivity contribution in [2.45, 2.75) is 31.7 Å². The summed E-state index contributed by atoms with van der Waals surface area (Å²) in [4.78, 5) is 20.7. The number of para-hydroxylation sites is 2. The number of thiophene rings is 1. The number of carbonyl (C=O) groups excluding carboxylic acids is 1. The van der Waals surface area contributed by atoms with Crippen LogP contribution in [0, 0.1) is 0 Å². The Kier molecular flexibility index (Phi) is 7.24. The van der Waals surface area contributed by atoms with Gasteiger partial charge in [0.1, 0.15) is 10.7 Å². The van der Waals surface area contributed by atoms with Crippen LogP contribution in [0.2, 0.25) is 0 Å². The SMILES string of the molecule is CS(=O)(=O)NC1CCCCN(c2ccccc2NC(=O)c2csc(-c3cccs3)n2)CC1. The molecule has 1 aliphatic rings. The summed E-state index contributed by atoms with van der Waals surface area (Å²) < 4.78 is 26.1. The maximum absolute atomic E-state index is 12.9. The largest absolute Gasteiger partial charge is 0.370 e. The number of carbonyl (C=O) groups is 1. The summed E-state index contributed by atoms with van der Waals surface area (Å²) in [7, 11) is -3.23. The van der Waals surface area contributed by atoms with Crippen LogP contribution in [-0.4, -0.2) is 44.7 Å². The number of aromatic nitrogens is 1. The third-order valence-corrected chi connectivity index (χ3v) is 7.96. The minimum absolute atomic E-state index is 0.0692. The van der Waals surface area contributed by atoms with Crippen LogP contribution in [0.5, 0.6) is 0 Å². The first-order valence-electron chi connectivity index (χ1n) is 10.5. The summed E-state index contributed by atoms with van der Waals surface area (Å²) in [6.07, 6.45) is 4.67. The number of amides is 1. The van der Waals surface area contributed by atoms with Crippen LogP contribution < -0.4 is 14.9 Å². The maximum atomic E-state index is 12.9. The molecule has 170 valence electrons. The van der Waals surface area contributed by atoms with Crippen LogP contribution in [0.4, 0.5) is 11.4 Å². The molecule has 10 heteroatoms. The Hall–Kier alpha value is -2.27. The average Bonchev–Trinajstić information content (AvgIpc) is 3.42. The number of nitrogens with one attached hydrogen (secondary N) is 2. The smallest absolute Gasteiger partial charge is 0.275 e. The van der Waals surface area contributed by atoms with Crippen LogP contribution in [-0.2, 0) is 10.0 Å². The van der Waals surface area contributed by atoms with Crippen molar-refractivity contribution in [2.75, 3.05) is 29.6 Å². The van der Waals surface area contributed by atoms with Gasteiger partial charge in [0.05, 0.1) is 22.5 Å². The Labute approximate surface area is 196 Å².